The third-order valence-electron chi connectivity index (χ3n) is 4.69. The van der Waals surface area contributed by atoms with Crippen LogP contribution >= 0.6 is 0 Å². The van der Waals surface area contributed by atoms with Gasteiger partial charge in [-0.05, 0) is 38.0 Å². The minimum absolute atomic E-state index is 0.259. The van der Waals surface area contributed by atoms with E-state index in [2.05, 4.69) is 13.8 Å². The Bertz CT molecular complexity index is 193. The van der Waals surface area contributed by atoms with Crippen LogP contribution in [0.15, 0.2) is 0 Å². The van der Waals surface area contributed by atoms with Gasteiger partial charge in [0.25, 0.3) is 0 Å². The summed E-state index contributed by atoms with van der Waals surface area (Å²) in [5.41, 5.74) is 0.411. The Labute approximate surface area is 68.8 Å². The van der Waals surface area contributed by atoms with Crippen LogP contribution in [0.25, 0.3) is 0 Å². The molecule has 0 radical (unpaired) electrons. The summed E-state index contributed by atoms with van der Waals surface area (Å²) in [7, 11) is 0. The summed E-state index contributed by atoms with van der Waals surface area (Å²) < 4.78 is 0. The van der Waals surface area contributed by atoms with E-state index in [1.807, 2.05) is 6.92 Å². The van der Waals surface area contributed by atoms with E-state index >= 15 is 0 Å². The van der Waals surface area contributed by atoms with E-state index in [-0.39, 0.29) is 11.0 Å². The molecule has 0 saturated heterocycles. The molecule has 0 aliphatic heterocycles. The largest absolute Gasteiger partial charge is 0.390 e. The summed E-state index contributed by atoms with van der Waals surface area (Å²) in [6, 6.07) is 0. The van der Waals surface area contributed by atoms with Gasteiger partial charge in [-0.15, -0.1) is 0 Å². The van der Waals surface area contributed by atoms with Gasteiger partial charge in [-0.2, -0.15) is 0 Å². The van der Waals surface area contributed by atoms with E-state index in [4.69, 9.17) is 0 Å². The second-order valence-corrected chi connectivity index (χ2v) is 4.92. The first-order chi connectivity index (χ1) is 4.97. The summed E-state index contributed by atoms with van der Waals surface area (Å²) in [6.07, 6.45) is 4.76. The molecule has 2 aliphatic carbocycles. The predicted octanol–water partition coefficient (Wildman–Crippen LogP) is 2.34. The van der Waals surface area contributed by atoms with Gasteiger partial charge in [0, 0.05) is 5.41 Å². The first-order valence-electron chi connectivity index (χ1n) is 4.70. The van der Waals surface area contributed by atoms with E-state index in [9.17, 15) is 5.11 Å². The van der Waals surface area contributed by atoms with Crippen molar-refractivity contribution in [2.75, 3.05) is 0 Å². The molecule has 2 rings (SSSR count). The molecule has 0 aromatic heterocycles. The number of hydrogen-bond donors (Lipinski definition) is 1. The molecular weight excluding hydrogens is 136 g/mol. The van der Waals surface area contributed by atoms with Crippen molar-refractivity contribution in [1.82, 2.24) is 0 Å². The molecule has 11 heavy (non-hydrogen) atoms. The molecule has 0 aromatic carbocycles. The summed E-state index contributed by atoms with van der Waals surface area (Å²) in [4.78, 5) is 0. The number of fused-ring (bicyclic) bond motifs is 1. The van der Waals surface area contributed by atoms with Crippen LogP contribution in [-0.2, 0) is 0 Å². The average molecular weight is 154 g/mol. The Kier molecular flexibility index (Phi) is 1.15. The third-order valence-corrected chi connectivity index (χ3v) is 4.69. The van der Waals surface area contributed by atoms with Crippen LogP contribution in [0.2, 0.25) is 0 Å². The predicted molar refractivity (Wildman–Crippen MR) is 45.3 cm³/mol. The lowest BCUT2D eigenvalue weighted by Crippen LogP contribution is -2.31. The smallest absolute Gasteiger partial charge is 0.0678 e. The summed E-state index contributed by atoms with van der Waals surface area (Å²) in [5.74, 6) is 0. The topological polar surface area (TPSA) is 20.2 Å². The highest BCUT2D eigenvalue weighted by atomic mass is 16.3. The van der Waals surface area contributed by atoms with Crippen molar-refractivity contribution in [1.29, 1.82) is 0 Å². The molecule has 0 bridgehead atoms. The van der Waals surface area contributed by atoms with Gasteiger partial charge < -0.3 is 5.11 Å². The Hall–Kier alpha value is -0.0400. The molecule has 0 aromatic rings. The first kappa shape index (κ1) is 7.60. The van der Waals surface area contributed by atoms with Crippen LogP contribution in [0.1, 0.15) is 46.5 Å². The zero-order chi connectivity index (χ0) is 8.33. The van der Waals surface area contributed by atoms with Crippen LogP contribution < -0.4 is 0 Å². The first-order valence-corrected chi connectivity index (χ1v) is 4.70. The molecule has 0 amide bonds. The molecule has 2 saturated carbocycles. The van der Waals surface area contributed by atoms with Gasteiger partial charge in [-0.25, -0.2) is 0 Å². The van der Waals surface area contributed by atoms with E-state index in [1.165, 1.54) is 19.3 Å². The molecule has 1 N–H and O–H groups in total. The summed E-state index contributed by atoms with van der Waals surface area (Å²) >= 11 is 0. The standard InChI is InChI=1S/C10H18O/c1-4-10-6-5-9(3,11)8(10,2)7-10/h11H,4-7H2,1-3H3/t8-,9-,10-/m1/s1. The molecule has 1 nitrogen and oxygen atoms in total. The maximum Gasteiger partial charge on any atom is 0.0678 e. The molecule has 1 heteroatoms. The van der Waals surface area contributed by atoms with Crippen LogP contribution in [0.3, 0.4) is 0 Å². The SMILES string of the molecule is CC[C@]12CC[C@@](C)(O)[C@@]1(C)C2. The van der Waals surface area contributed by atoms with Crippen LogP contribution in [-0.4, -0.2) is 10.7 Å². The van der Waals surface area contributed by atoms with Gasteiger partial charge in [0.15, 0.2) is 0 Å². The van der Waals surface area contributed by atoms with Crippen LogP contribution in [0.5, 0.6) is 0 Å². The van der Waals surface area contributed by atoms with Gasteiger partial charge in [-0.3, -0.25) is 0 Å². The quantitative estimate of drug-likeness (QED) is 0.614. The average Bonchev–Trinajstić information content (AvgIpc) is 2.50. The monoisotopic (exact) mass is 154 g/mol. The Morgan fingerprint density at radius 2 is 1.91 bits per heavy atom. The van der Waals surface area contributed by atoms with Crippen LogP contribution in [0.4, 0.5) is 0 Å². The van der Waals surface area contributed by atoms with Gasteiger partial charge in [0.2, 0.25) is 0 Å². The molecule has 0 heterocycles. The Morgan fingerprint density at radius 3 is 2.09 bits per heavy atom. The lowest BCUT2D eigenvalue weighted by Gasteiger charge is -2.26. The molecule has 64 valence electrons. The van der Waals surface area contributed by atoms with Gasteiger partial charge in [0.1, 0.15) is 0 Å². The zero-order valence-corrected chi connectivity index (χ0v) is 7.78. The highest BCUT2D eigenvalue weighted by molar-refractivity contribution is 5.23. The number of hydrogen-bond acceptors (Lipinski definition) is 1. The summed E-state index contributed by atoms with van der Waals surface area (Å²) in [6.45, 7) is 6.52. The second-order valence-electron chi connectivity index (χ2n) is 4.92. The maximum absolute atomic E-state index is 10.1. The van der Waals surface area contributed by atoms with Gasteiger partial charge in [0.05, 0.1) is 5.60 Å². The van der Waals surface area contributed by atoms with Crippen molar-refractivity contribution in [2.45, 2.75) is 52.1 Å². The molecule has 2 aliphatic rings. The number of aliphatic hydroxyl groups is 1. The van der Waals surface area contributed by atoms with Gasteiger partial charge in [-0.1, -0.05) is 13.8 Å². The third kappa shape index (κ3) is 0.618. The van der Waals surface area contributed by atoms with Crippen molar-refractivity contribution in [2.24, 2.45) is 10.8 Å². The van der Waals surface area contributed by atoms with E-state index < -0.39 is 0 Å². The maximum atomic E-state index is 10.1. The Balaban J connectivity index is 2.29. The van der Waals surface area contributed by atoms with Crippen LogP contribution in [0, 0.1) is 10.8 Å². The van der Waals surface area contributed by atoms with Crippen molar-refractivity contribution in [3.63, 3.8) is 0 Å². The van der Waals surface area contributed by atoms with Crippen molar-refractivity contribution < 1.29 is 5.11 Å². The minimum Gasteiger partial charge on any atom is -0.390 e. The molecule has 0 unspecified atom stereocenters. The highest BCUT2D eigenvalue weighted by Gasteiger charge is 2.74. The molecule has 0 spiro atoms. The summed E-state index contributed by atoms with van der Waals surface area (Å²) in [5, 5.41) is 10.1. The van der Waals surface area contributed by atoms with E-state index in [0.29, 0.717) is 5.41 Å². The Morgan fingerprint density at radius 1 is 1.27 bits per heavy atom. The van der Waals surface area contributed by atoms with E-state index in [1.54, 1.807) is 0 Å². The fourth-order valence-electron chi connectivity index (χ4n) is 3.21. The normalized spacial score (nSPS) is 61.1. The second kappa shape index (κ2) is 1.66. The van der Waals surface area contributed by atoms with Gasteiger partial charge >= 0.3 is 0 Å². The lowest BCUT2D eigenvalue weighted by molar-refractivity contribution is -0.000693. The lowest BCUT2D eigenvalue weighted by atomic mass is 9.86. The molecular formula is C10H18O. The molecule has 2 fully saturated rings. The zero-order valence-electron chi connectivity index (χ0n) is 7.78. The van der Waals surface area contributed by atoms with E-state index in [0.717, 1.165) is 6.42 Å². The van der Waals surface area contributed by atoms with Crippen molar-refractivity contribution in [3.8, 4) is 0 Å². The number of rotatable bonds is 1. The van der Waals surface area contributed by atoms with Crippen molar-refractivity contribution in [3.05, 3.63) is 0 Å². The minimum atomic E-state index is -0.372. The highest BCUT2D eigenvalue weighted by Crippen LogP contribution is 2.78. The molecule has 3 atom stereocenters. The van der Waals surface area contributed by atoms with Crippen molar-refractivity contribution >= 4 is 0 Å². The fourth-order valence-corrected chi connectivity index (χ4v) is 3.21. The fraction of sp³-hybridized carbons (Fsp3) is 1.00.